The minimum absolute atomic E-state index is 0.211. The van der Waals surface area contributed by atoms with E-state index in [2.05, 4.69) is 56.7 Å². The van der Waals surface area contributed by atoms with Crippen LogP contribution in [0.15, 0.2) is 24.3 Å². The molecule has 1 aromatic carbocycles. The summed E-state index contributed by atoms with van der Waals surface area (Å²) in [5.74, 6) is -0.530. The Balaban J connectivity index is 2.03. The number of rotatable bonds is 5. The molecule has 3 heteroatoms. The molecule has 1 aliphatic rings. The summed E-state index contributed by atoms with van der Waals surface area (Å²) in [4.78, 5) is 22.7. The quantitative estimate of drug-likeness (QED) is 0.603. The van der Waals surface area contributed by atoms with Gasteiger partial charge in [0.2, 0.25) is 0 Å². The van der Waals surface area contributed by atoms with Crippen molar-refractivity contribution in [2.24, 2.45) is 11.3 Å². The zero-order chi connectivity index (χ0) is 16.3. The van der Waals surface area contributed by atoms with Gasteiger partial charge in [-0.25, -0.2) is 0 Å². The fraction of sp³-hybridized carbons (Fsp3) is 0.579. The van der Waals surface area contributed by atoms with Crippen LogP contribution in [0.4, 0.5) is 0 Å². The van der Waals surface area contributed by atoms with Crippen molar-refractivity contribution in [1.29, 1.82) is 0 Å². The minimum Gasteiger partial charge on any atom is -0.393 e. The van der Waals surface area contributed by atoms with E-state index >= 15 is 0 Å². The van der Waals surface area contributed by atoms with Crippen LogP contribution in [0.25, 0.3) is 0 Å². The second-order valence-electron chi connectivity index (χ2n) is 7.51. The predicted octanol–water partition coefficient (Wildman–Crippen LogP) is 4.25. The monoisotopic (exact) mass is 302 g/mol. The molecule has 3 nitrogen and oxygen atoms in total. The van der Waals surface area contributed by atoms with E-state index in [1.54, 1.807) is 0 Å². The zero-order valence-electron chi connectivity index (χ0n) is 14.0. The summed E-state index contributed by atoms with van der Waals surface area (Å²) in [6, 6.07) is 8.49. The average Bonchev–Trinajstić information content (AvgIpc) is 2.74. The van der Waals surface area contributed by atoms with Crippen LogP contribution in [0.3, 0.4) is 0 Å². The topological polar surface area (TPSA) is 43.4 Å². The summed E-state index contributed by atoms with van der Waals surface area (Å²) in [5, 5.41) is 0. The van der Waals surface area contributed by atoms with Crippen molar-refractivity contribution in [1.82, 2.24) is 0 Å². The van der Waals surface area contributed by atoms with Crippen LogP contribution in [-0.2, 0) is 20.7 Å². The third-order valence-corrected chi connectivity index (χ3v) is 4.25. The molecule has 2 unspecified atom stereocenters. The number of hydrogen-bond acceptors (Lipinski definition) is 3. The van der Waals surface area contributed by atoms with Gasteiger partial charge < -0.3 is 4.74 Å². The van der Waals surface area contributed by atoms with Gasteiger partial charge in [0.15, 0.2) is 0 Å². The van der Waals surface area contributed by atoms with Crippen LogP contribution in [0.2, 0.25) is 0 Å². The summed E-state index contributed by atoms with van der Waals surface area (Å²) >= 11 is 0. The molecular weight excluding hydrogens is 276 g/mol. The highest BCUT2D eigenvalue weighted by Crippen LogP contribution is 2.33. The Kier molecular flexibility index (Phi) is 5.05. The van der Waals surface area contributed by atoms with Crippen LogP contribution in [-0.4, -0.2) is 11.9 Å². The van der Waals surface area contributed by atoms with Gasteiger partial charge in [0.25, 0.3) is 0 Å². The molecule has 0 saturated carbocycles. The van der Waals surface area contributed by atoms with Crippen molar-refractivity contribution in [2.75, 3.05) is 0 Å². The van der Waals surface area contributed by atoms with Crippen molar-refractivity contribution in [3.05, 3.63) is 35.4 Å². The van der Waals surface area contributed by atoms with Crippen molar-refractivity contribution < 1.29 is 14.3 Å². The van der Waals surface area contributed by atoms with E-state index in [4.69, 9.17) is 0 Å². The molecule has 0 aromatic heterocycles. The molecule has 1 aliphatic heterocycles. The summed E-state index contributed by atoms with van der Waals surface area (Å²) in [5.41, 5.74) is 2.75. The number of ether oxygens (including phenoxy) is 1. The Morgan fingerprint density at radius 3 is 2.27 bits per heavy atom. The molecule has 0 bridgehead atoms. The maximum Gasteiger partial charge on any atom is 0.317 e. The van der Waals surface area contributed by atoms with Crippen molar-refractivity contribution in [3.8, 4) is 0 Å². The molecule has 120 valence electrons. The van der Waals surface area contributed by atoms with Crippen LogP contribution >= 0.6 is 0 Å². The lowest BCUT2D eigenvalue weighted by atomic mass is 9.80. The van der Waals surface area contributed by atoms with Crippen molar-refractivity contribution >= 4 is 11.9 Å². The zero-order valence-corrected chi connectivity index (χ0v) is 14.0. The van der Waals surface area contributed by atoms with Gasteiger partial charge in [0, 0.05) is 0 Å². The Morgan fingerprint density at radius 2 is 1.82 bits per heavy atom. The predicted molar refractivity (Wildman–Crippen MR) is 86.5 cm³/mol. The van der Waals surface area contributed by atoms with Crippen LogP contribution in [0.1, 0.15) is 64.0 Å². The fourth-order valence-electron chi connectivity index (χ4n) is 3.12. The van der Waals surface area contributed by atoms with Gasteiger partial charge in [0.05, 0.1) is 12.3 Å². The minimum atomic E-state index is -0.400. The Labute approximate surface area is 133 Å². The molecule has 0 amide bonds. The number of hydrogen-bond donors (Lipinski definition) is 0. The number of carbonyl (C=O) groups is 2. The highest BCUT2D eigenvalue weighted by atomic mass is 16.6. The smallest absolute Gasteiger partial charge is 0.317 e. The second kappa shape index (κ2) is 6.64. The van der Waals surface area contributed by atoms with Gasteiger partial charge in [0.1, 0.15) is 0 Å². The molecule has 2 atom stereocenters. The summed E-state index contributed by atoms with van der Waals surface area (Å²) < 4.78 is 4.60. The molecule has 1 heterocycles. The van der Waals surface area contributed by atoms with Crippen LogP contribution in [0, 0.1) is 11.3 Å². The van der Waals surface area contributed by atoms with E-state index in [0.29, 0.717) is 17.8 Å². The number of carbonyl (C=O) groups excluding carboxylic acids is 2. The maximum atomic E-state index is 11.5. The van der Waals surface area contributed by atoms with E-state index in [1.807, 2.05) is 0 Å². The van der Waals surface area contributed by atoms with Crippen LogP contribution < -0.4 is 0 Å². The first-order valence-corrected chi connectivity index (χ1v) is 8.12. The van der Waals surface area contributed by atoms with E-state index in [1.165, 1.54) is 5.56 Å². The second-order valence-corrected chi connectivity index (χ2v) is 7.51. The third-order valence-electron chi connectivity index (χ3n) is 4.25. The van der Waals surface area contributed by atoms with Gasteiger partial charge in [-0.3, -0.25) is 9.59 Å². The Bertz CT molecular complexity index is 537. The van der Waals surface area contributed by atoms with Gasteiger partial charge in [-0.1, -0.05) is 52.0 Å². The molecule has 0 spiro atoms. The lowest BCUT2D eigenvalue weighted by Crippen LogP contribution is -2.12. The first-order valence-electron chi connectivity index (χ1n) is 8.12. The van der Waals surface area contributed by atoms with E-state index < -0.39 is 5.97 Å². The molecule has 1 fully saturated rings. The summed E-state index contributed by atoms with van der Waals surface area (Å²) in [7, 11) is 0. The molecule has 0 aliphatic carbocycles. The van der Waals surface area contributed by atoms with Crippen LogP contribution in [0.5, 0.6) is 0 Å². The Hall–Kier alpha value is -1.64. The van der Waals surface area contributed by atoms with Gasteiger partial charge in [-0.2, -0.15) is 0 Å². The van der Waals surface area contributed by atoms with E-state index in [0.717, 1.165) is 18.4 Å². The lowest BCUT2D eigenvalue weighted by molar-refractivity contribution is -0.153. The molecule has 1 aromatic rings. The third kappa shape index (κ3) is 4.43. The summed E-state index contributed by atoms with van der Waals surface area (Å²) in [6.45, 7) is 9.04. The maximum absolute atomic E-state index is 11.5. The molecule has 0 radical (unpaired) electrons. The first-order chi connectivity index (χ1) is 10.3. The van der Waals surface area contributed by atoms with Gasteiger partial charge in [-0.15, -0.1) is 0 Å². The molecule has 22 heavy (non-hydrogen) atoms. The largest absolute Gasteiger partial charge is 0.393 e. The molecular formula is C19H26O3. The molecule has 1 saturated heterocycles. The normalized spacial score (nSPS) is 20.1. The number of esters is 2. The van der Waals surface area contributed by atoms with E-state index in [9.17, 15) is 9.59 Å². The van der Waals surface area contributed by atoms with Gasteiger partial charge >= 0.3 is 11.9 Å². The van der Waals surface area contributed by atoms with Crippen molar-refractivity contribution in [3.63, 3.8) is 0 Å². The highest BCUT2D eigenvalue weighted by Gasteiger charge is 2.33. The summed E-state index contributed by atoms with van der Waals surface area (Å²) in [6.07, 6.45) is 3.08. The number of cyclic esters (lactones) is 2. The van der Waals surface area contributed by atoms with Crippen molar-refractivity contribution in [2.45, 2.75) is 59.3 Å². The molecule has 2 rings (SSSR count). The number of benzene rings is 1. The highest BCUT2D eigenvalue weighted by molar-refractivity contribution is 5.94. The lowest BCUT2D eigenvalue weighted by Gasteiger charge is -2.25. The SMILES string of the molecule is CCC(CC(C)(C)C)c1ccc(CC2CC(=O)OC2=O)cc1. The standard InChI is InChI=1S/C19H26O3/c1-5-14(12-19(2,3)4)15-8-6-13(7-9-15)10-16-11-17(20)22-18(16)21/h6-9,14,16H,5,10-12H2,1-4H3. The van der Waals surface area contributed by atoms with E-state index in [-0.39, 0.29) is 18.3 Å². The Morgan fingerprint density at radius 1 is 1.18 bits per heavy atom. The molecule has 0 N–H and O–H groups in total. The fourth-order valence-corrected chi connectivity index (χ4v) is 3.12. The average molecular weight is 302 g/mol. The first kappa shape index (κ1) is 16.7. The van der Waals surface area contributed by atoms with Gasteiger partial charge in [-0.05, 0) is 41.7 Å².